The zero-order valence-corrected chi connectivity index (χ0v) is 14.2. The van der Waals surface area contributed by atoms with Gasteiger partial charge in [-0.25, -0.2) is 0 Å². The molecule has 1 amide bonds. The smallest absolute Gasteiger partial charge is 0.236 e. The minimum atomic E-state index is -0.124. The lowest BCUT2D eigenvalue weighted by Crippen LogP contribution is -2.14. The molecule has 0 radical (unpaired) electrons. The lowest BCUT2D eigenvalue weighted by molar-refractivity contribution is -0.113. The summed E-state index contributed by atoms with van der Waals surface area (Å²) in [4.78, 5) is 17.2. The lowest BCUT2D eigenvalue weighted by Gasteiger charge is -2.05. The fourth-order valence-corrected chi connectivity index (χ4v) is 3.28. The van der Waals surface area contributed by atoms with Crippen molar-refractivity contribution in [2.75, 3.05) is 11.1 Å². The van der Waals surface area contributed by atoms with Crippen LogP contribution in [0.1, 0.15) is 5.89 Å². The summed E-state index contributed by atoms with van der Waals surface area (Å²) in [5.41, 5.74) is 0.609. The van der Waals surface area contributed by atoms with Crippen LogP contribution < -0.4 is 5.32 Å². The Hall–Kier alpha value is -1.83. The lowest BCUT2D eigenvalue weighted by atomic mass is 10.3. The third-order valence-corrected chi connectivity index (χ3v) is 4.93. The summed E-state index contributed by atoms with van der Waals surface area (Å²) in [6.07, 6.45) is 0. The van der Waals surface area contributed by atoms with Crippen LogP contribution in [0, 0.1) is 0 Å². The zero-order valence-electron chi connectivity index (χ0n) is 11.9. The number of carbonyl (C=O) groups is 1. The summed E-state index contributed by atoms with van der Waals surface area (Å²) >= 11 is 8.95. The van der Waals surface area contributed by atoms with Crippen molar-refractivity contribution in [1.82, 2.24) is 10.1 Å². The number of halogens is 1. The number of para-hydroxylation sites is 1. The molecule has 0 bridgehead atoms. The van der Waals surface area contributed by atoms with Crippen LogP contribution in [0.2, 0.25) is 5.02 Å². The van der Waals surface area contributed by atoms with Gasteiger partial charge in [-0.2, -0.15) is 4.98 Å². The first kappa shape index (κ1) is 16.0. The number of carbonyl (C=O) groups excluding carboxylic acids is 1. The van der Waals surface area contributed by atoms with Gasteiger partial charge in [0.05, 0.1) is 27.1 Å². The maximum Gasteiger partial charge on any atom is 0.236 e. The third kappa shape index (κ3) is 4.34. The van der Waals surface area contributed by atoms with Gasteiger partial charge in [-0.3, -0.25) is 4.79 Å². The number of aromatic nitrogens is 2. The Morgan fingerprint density at radius 2 is 2.17 bits per heavy atom. The molecule has 0 spiro atoms. The van der Waals surface area contributed by atoms with Gasteiger partial charge in [0.15, 0.2) is 0 Å². The number of benzene rings is 1. The van der Waals surface area contributed by atoms with E-state index in [0.717, 1.165) is 4.88 Å². The highest BCUT2D eigenvalue weighted by atomic mass is 35.5. The summed E-state index contributed by atoms with van der Waals surface area (Å²) < 4.78 is 5.18. The van der Waals surface area contributed by atoms with Gasteiger partial charge in [0.25, 0.3) is 0 Å². The number of anilines is 1. The second-order valence-electron chi connectivity index (χ2n) is 4.51. The first-order valence-electron chi connectivity index (χ1n) is 6.71. The maximum atomic E-state index is 11.9. The first-order chi connectivity index (χ1) is 11.2. The number of nitrogens with zero attached hydrogens (tertiary/aromatic N) is 2. The molecule has 0 atom stereocenters. The zero-order chi connectivity index (χ0) is 16.1. The molecule has 1 aromatic carbocycles. The molecule has 0 saturated carbocycles. The van der Waals surface area contributed by atoms with Crippen LogP contribution in [0.5, 0.6) is 0 Å². The van der Waals surface area contributed by atoms with Crippen LogP contribution in [-0.2, 0) is 10.5 Å². The Morgan fingerprint density at radius 3 is 2.96 bits per heavy atom. The second-order valence-corrected chi connectivity index (χ2v) is 6.85. The standard InChI is InChI=1S/C15H12ClN3O2S2/c16-10-4-1-2-5-11(10)17-13(20)8-22-9-14-18-15(19-21-14)12-6-3-7-23-12/h1-7H,8-9H2,(H,17,20). The van der Waals surface area contributed by atoms with Gasteiger partial charge in [-0.15, -0.1) is 23.1 Å². The molecule has 5 nitrogen and oxygen atoms in total. The summed E-state index contributed by atoms with van der Waals surface area (Å²) in [6.45, 7) is 0. The minimum absolute atomic E-state index is 0.124. The molecule has 0 aliphatic heterocycles. The van der Waals surface area contributed by atoms with Crippen molar-refractivity contribution in [2.24, 2.45) is 0 Å². The molecule has 3 rings (SSSR count). The van der Waals surface area contributed by atoms with Gasteiger partial charge < -0.3 is 9.84 Å². The molecule has 2 aromatic heterocycles. The van der Waals surface area contributed by atoms with Crippen molar-refractivity contribution in [1.29, 1.82) is 0 Å². The van der Waals surface area contributed by atoms with Crippen LogP contribution in [0.4, 0.5) is 5.69 Å². The summed E-state index contributed by atoms with van der Waals surface area (Å²) in [7, 11) is 0. The first-order valence-corrected chi connectivity index (χ1v) is 9.12. The summed E-state index contributed by atoms with van der Waals surface area (Å²) in [5, 5.41) is 9.17. The quantitative estimate of drug-likeness (QED) is 0.704. The highest BCUT2D eigenvalue weighted by Gasteiger charge is 2.11. The SMILES string of the molecule is O=C(CSCc1nc(-c2cccs2)no1)Nc1ccccc1Cl. The highest BCUT2D eigenvalue weighted by Crippen LogP contribution is 2.23. The van der Waals surface area contributed by atoms with E-state index in [0.29, 0.717) is 28.2 Å². The third-order valence-electron chi connectivity index (χ3n) is 2.82. The van der Waals surface area contributed by atoms with Crippen LogP contribution in [0.25, 0.3) is 10.7 Å². The highest BCUT2D eigenvalue weighted by molar-refractivity contribution is 7.99. The summed E-state index contributed by atoms with van der Waals surface area (Å²) in [5.74, 6) is 1.72. The van der Waals surface area contributed by atoms with Crippen LogP contribution >= 0.6 is 34.7 Å². The minimum Gasteiger partial charge on any atom is -0.338 e. The number of rotatable bonds is 6. The fourth-order valence-electron chi connectivity index (χ4n) is 1.80. The molecule has 3 aromatic rings. The molecule has 0 aliphatic rings. The van der Waals surface area contributed by atoms with Crippen molar-refractivity contribution in [3.05, 3.63) is 52.7 Å². The topological polar surface area (TPSA) is 68.0 Å². The van der Waals surface area contributed by atoms with E-state index < -0.39 is 0 Å². The molecule has 1 N–H and O–H groups in total. The predicted molar refractivity (Wildman–Crippen MR) is 93.9 cm³/mol. The van der Waals surface area contributed by atoms with E-state index in [1.54, 1.807) is 23.5 Å². The Labute approximate surface area is 146 Å². The Kier molecular flexibility index (Phi) is 5.32. The number of amides is 1. The van der Waals surface area contributed by atoms with Gasteiger partial charge in [0, 0.05) is 0 Å². The number of thiophene rings is 1. The summed E-state index contributed by atoms with van der Waals surface area (Å²) in [6, 6.07) is 11.0. The van der Waals surface area contributed by atoms with Crippen LogP contribution in [0.3, 0.4) is 0 Å². The average molecular weight is 366 g/mol. The van der Waals surface area contributed by atoms with Gasteiger partial charge >= 0.3 is 0 Å². The number of thioether (sulfide) groups is 1. The Bertz CT molecular complexity index is 790. The second kappa shape index (κ2) is 7.63. The number of hydrogen-bond donors (Lipinski definition) is 1. The van der Waals surface area contributed by atoms with E-state index in [1.807, 2.05) is 29.6 Å². The molecular weight excluding hydrogens is 354 g/mol. The van der Waals surface area contributed by atoms with Crippen molar-refractivity contribution in [3.63, 3.8) is 0 Å². The molecule has 0 unspecified atom stereocenters. The van der Waals surface area contributed by atoms with E-state index in [1.165, 1.54) is 11.8 Å². The van der Waals surface area contributed by atoms with Crippen LogP contribution in [-0.4, -0.2) is 21.8 Å². The largest absolute Gasteiger partial charge is 0.338 e. The number of nitrogens with one attached hydrogen (secondary N) is 1. The van der Waals surface area contributed by atoms with Gasteiger partial charge in [0.1, 0.15) is 0 Å². The molecule has 8 heteroatoms. The van der Waals surface area contributed by atoms with E-state index in [2.05, 4.69) is 15.5 Å². The van der Waals surface area contributed by atoms with Gasteiger partial charge in [-0.1, -0.05) is 35.0 Å². The fraction of sp³-hybridized carbons (Fsp3) is 0.133. The van der Waals surface area contributed by atoms with E-state index in [-0.39, 0.29) is 11.7 Å². The maximum absolute atomic E-state index is 11.9. The molecule has 23 heavy (non-hydrogen) atoms. The number of hydrogen-bond acceptors (Lipinski definition) is 6. The molecular formula is C15H12ClN3O2S2. The van der Waals surface area contributed by atoms with Crippen molar-refractivity contribution >= 4 is 46.3 Å². The van der Waals surface area contributed by atoms with Crippen molar-refractivity contribution in [3.8, 4) is 10.7 Å². The predicted octanol–water partition coefficient (Wildman–Crippen LogP) is 4.32. The van der Waals surface area contributed by atoms with E-state index >= 15 is 0 Å². The van der Waals surface area contributed by atoms with E-state index in [4.69, 9.17) is 16.1 Å². The Balaban J connectivity index is 1.48. The van der Waals surface area contributed by atoms with Gasteiger partial charge in [0.2, 0.25) is 17.6 Å². The molecule has 2 heterocycles. The van der Waals surface area contributed by atoms with E-state index in [9.17, 15) is 4.79 Å². The van der Waals surface area contributed by atoms with Crippen molar-refractivity contribution < 1.29 is 9.32 Å². The molecule has 0 saturated heterocycles. The molecule has 0 fully saturated rings. The normalized spacial score (nSPS) is 10.7. The van der Waals surface area contributed by atoms with Crippen LogP contribution in [0.15, 0.2) is 46.3 Å². The monoisotopic (exact) mass is 365 g/mol. The molecule has 118 valence electrons. The molecule has 0 aliphatic carbocycles. The van der Waals surface area contributed by atoms with Gasteiger partial charge in [-0.05, 0) is 23.6 Å². The average Bonchev–Trinajstić information content (AvgIpc) is 3.20. The Morgan fingerprint density at radius 1 is 1.30 bits per heavy atom. The van der Waals surface area contributed by atoms with Crippen molar-refractivity contribution in [2.45, 2.75) is 5.75 Å².